The van der Waals surface area contributed by atoms with Crippen LogP contribution in [0, 0.1) is 11.3 Å². The van der Waals surface area contributed by atoms with E-state index >= 15 is 0 Å². The zero-order chi connectivity index (χ0) is 20.5. The molecule has 1 atom stereocenters. The van der Waals surface area contributed by atoms with Gasteiger partial charge in [-0.15, -0.1) is 0 Å². The van der Waals surface area contributed by atoms with Gasteiger partial charge in [-0.1, -0.05) is 23.2 Å². The number of hydrogen-bond acceptors (Lipinski definition) is 6. The maximum absolute atomic E-state index is 12.1. The van der Waals surface area contributed by atoms with Gasteiger partial charge in [0.15, 0.2) is 24.2 Å². The lowest BCUT2D eigenvalue weighted by Crippen LogP contribution is -2.33. The van der Waals surface area contributed by atoms with E-state index in [2.05, 4.69) is 10.5 Å². The topological polar surface area (TPSA) is 92.9 Å². The molecule has 0 aliphatic carbocycles. The summed E-state index contributed by atoms with van der Waals surface area (Å²) in [6, 6.07) is 11.6. The van der Waals surface area contributed by atoms with Crippen molar-refractivity contribution in [3.05, 3.63) is 52.0 Å². The Morgan fingerprint density at radius 3 is 2.68 bits per heavy atom. The number of rotatable bonds is 8. The van der Waals surface area contributed by atoms with Crippen molar-refractivity contribution in [3.8, 4) is 23.3 Å². The molecule has 0 fully saturated rings. The molecule has 0 aromatic heterocycles. The number of halogens is 2. The minimum Gasteiger partial charge on any atom is -0.493 e. The van der Waals surface area contributed by atoms with Crippen molar-refractivity contribution in [1.82, 2.24) is 5.43 Å². The molecule has 0 saturated carbocycles. The second kappa shape index (κ2) is 10.4. The van der Waals surface area contributed by atoms with E-state index in [1.165, 1.54) is 19.4 Å². The molecule has 0 aliphatic rings. The first-order valence-corrected chi connectivity index (χ1v) is 8.82. The highest BCUT2D eigenvalue weighted by Gasteiger charge is 2.15. The second-order valence-electron chi connectivity index (χ2n) is 5.43. The second-order valence-corrected chi connectivity index (χ2v) is 6.27. The van der Waals surface area contributed by atoms with Gasteiger partial charge in [0.25, 0.3) is 5.91 Å². The zero-order valence-electron chi connectivity index (χ0n) is 15.1. The van der Waals surface area contributed by atoms with E-state index in [1.54, 1.807) is 37.3 Å². The Balaban J connectivity index is 1.95. The van der Waals surface area contributed by atoms with Crippen LogP contribution in [0.5, 0.6) is 17.2 Å². The third-order valence-corrected chi connectivity index (χ3v) is 3.97. The number of ether oxygens (including phenoxy) is 3. The molecule has 0 heterocycles. The van der Waals surface area contributed by atoms with E-state index in [1.807, 2.05) is 6.07 Å². The number of carbonyl (C=O) groups excluding carboxylic acids is 1. The summed E-state index contributed by atoms with van der Waals surface area (Å²) in [5.74, 6) is 0.769. The summed E-state index contributed by atoms with van der Waals surface area (Å²) in [5.41, 5.74) is 3.05. The lowest BCUT2D eigenvalue weighted by atomic mass is 10.2. The third kappa shape index (κ3) is 6.05. The van der Waals surface area contributed by atoms with E-state index < -0.39 is 12.0 Å². The van der Waals surface area contributed by atoms with Crippen molar-refractivity contribution in [2.24, 2.45) is 5.10 Å². The number of nitrogens with zero attached hydrogens (tertiary/aromatic N) is 2. The first-order valence-electron chi connectivity index (χ1n) is 8.07. The molecular formula is C19H17Cl2N3O4. The molecule has 2 aromatic rings. The van der Waals surface area contributed by atoms with Gasteiger partial charge in [-0.05, 0) is 48.9 Å². The Hall–Kier alpha value is -2.95. The Kier molecular flexibility index (Phi) is 7.93. The monoisotopic (exact) mass is 421 g/mol. The quantitative estimate of drug-likeness (QED) is 0.516. The first kappa shape index (κ1) is 21.4. The minimum atomic E-state index is -0.827. The van der Waals surface area contributed by atoms with Crippen LogP contribution in [0.3, 0.4) is 0 Å². The van der Waals surface area contributed by atoms with Crippen LogP contribution in [0.15, 0.2) is 41.5 Å². The Labute approximate surface area is 172 Å². The minimum absolute atomic E-state index is 0.0879. The highest BCUT2D eigenvalue weighted by Crippen LogP contribution is 2.28. The van der Waals surface area contributed by atoms with Gasteiger partial charge < -0.3 is 14.2 Å². The van der Waals surface area contributed by atoms with Crippen molar-refractivity contribution in [3.63, 3.8) is 0 Å². The molecule has 0 spiro atoms. The van der Waals surface area contributed by atoms with Crippen molar-refractivity contribution in [2.75, 3.05) is 13.7 Å². The fraction of sp³-hybridized carbons (Fsp3) is 0.211. The standard InChI is InChI=1S/C19H17Cl2N3O4/c1-12(28-16-6-4-14(20)10-15(16)21)19(25)24-23-11-13-3-5-17(27-8-7-22)18(9-13)26-2/h3-6,9-12H,8H2,1-2H3,(H,24,25)/b23-11+. The van der Waals surface area contributed by atoms with Crippen LogP contribution in [0.1, 0.15) is 12.5 Å². The van der Waals surface area contributed by atoms with Gasteiger partial charge in [0, 0.05) is 5.02 Å². The maximum Gasteiger partial charge on any atom is 0.280 e. The number of carbonyl (C=O) groups is 1. The van der Waals surface area contributed by atoms with Crippen molar-refractivity contribution in [2.45, 2.75) is 13.0 Å². The lowest BCUT2D eigenvalue weighted by molar-refractivity contribution is -0.127. The van der Waals surface area contributed by atoms with Crippen LogP contribution < -0.4 is 19.6 Å². The molecule has 2 aromatic carbocycles. The molecule has 0 aliphatic heterocycles. The van der Waals surface area contributed by atoms with Gasteiger partial charge in [-0.2, -0.15) is 10.4 Å². The van der Waals surface area contributed by atoms with Gasteiger partial charge in [-0.25, -0.2) is 5.43 Å². The molecule has 0 radical (unpaired) electrons. The Morgan fingerprint density at radius 1 is 1.25 bits per heavy atom. The molecule has 1 N–H and O–H groups in total. The molecule has 28 heavy (non-hydrogen) atoms. The summed E-state index contributed by atoms with van der Waals surface area (Å²) in [6.07, 6.45) is 0.614. The summed E-state index contributed by atoms with van der Waals surface area (Å²) in [4.78, 5) is 12.1. The van der Waals surface area contributed by atoms with Crippen molar-refractivity contribution < 1.29 is 19.0 Å². The highest BCUT2D eigenvalue weighted by molar-refractivity contribution is 6.35. The summed E-state index contributed by atoms with van der Waals surface area (Å²) in [5, 5.41) is 13.3. The smallest absolute Gasteiger partial charge is 0.280 e. The number of benzene rings is 2. The predicted octanol–water partition coefficient (Wildman–Crippen LogP) is 3.82. The van der Waals surface area contributed by atoms with Crippen LogP contribution in [-0.4, -0.2) is 31.9 Å². The van der Waals surface area contributed by atoms with E-state index in [0.717, 1.165) is 0 Å². The van der Waals surface area contributed by atoms with E-state index in [-0.39, 0.29) is 6.61 Å². The van der Waals surface area contributed by atoms with Crippen LogP contribution in [-0.2, 0) is 4.79 Å². The Morgan fingerprint density at radius 2 is 2.00 bits per heavy atom. The first-order chi connectivity index (χ1) is 13.4. The molecule has 1 amide bonds. The molecule has 9 heteroatoms. The van der Waals surface area contributed by atoms with Crippen LogP contribution in [0.25, 0.3) is 0 Å². The van der Waals surface area contributed by atoms with Gasteiger partial charge in [-0.3, -0.25) is 4.79 Å². The molecule has 2 rings (SSSR count). The van der Waals surface area contributed by atoms with E-state index in [9.17, 15) is 4.79 Å². The van der Waals surface area contributed by atoms with Crippen molar-refractivity contribution >= 4 is 35.3 Å². The number of hydrazone groups is 1. The fourth-order valence-corrected chi connectivity index (χ4v) is 2.52. The summed E-state index contributed by atoms with van der Waals surface area (Å²) in [6.45, 7) is 1.48. The van der Waals surface area contributed by atoms with Gasteiger partial charge in [0.2, 0.25) is 0 Å². The van der Waals surface area contributed by atoms with Crippen LogP contribution in [0.2, 0.25) is 10.0 Å². The largest absolute Gasteiger partial charge is 0.493 e. The average molecular weight is 422 g/mol. The summed E-state index contributed by atoms with van der Waals surface area (Å²) >= 11 is 11.9. The summed E-state index contributed by atoms with van der Waals surface area (Å²) in [7, 11) is 1.48. The number of nitrogens with one attached hydrogen (secondary N) is 1. The number of hydrogen-bond donors (Lipinski definition) is 1. The van der Waals surface area contributed by atoms with Crippen LogP contribution >= 0.6 is 23.2 Å². The molecular weight excluding hydrogens is 405 g/mol. The molecule has 0 saturated heterocycles. The normalized spacial score (nSPS) is 11.5. The summed E-state index contributed by atoms with van der Waals surface area (Å²) < 4.78 is 16.0. The zero-order valence-corrected chi connectivity index (χ0v) is 16.6. The SMILES string of the molecule is COc1cc(/C=N/NC(=O)C(C)Oc2ccc(Cl)cc2Cl)ccc1OCC#N. The third-order valence-electron chi connectivity index (χ3n) is 3.44. The van der Waals surface area contributed by atoms with Crippen LogP contribution in [0.4, 0.5) is 0 Å². The molecule has 146 valence electrons. The highest BCUT2D eigenvalue weighted by atomic mass is 35.5. The number of methoxy groups -OCH3 is 1. The lowest BCUT2D eigenvalue weighted by Gasteiger charge is -2.14. The van der Waals surface area contributed by atoms with Gasteiger partial charge in [0.1, 0.15) is 11.8 Å². The predicted molar refractivity (Wildman–Crippen MR) is 106 cm³/mol. The van der Waals surface area contributed by atoms with Crippen molar-refractivity contribution in [1.29, 1.82) is 5.26 Å². The van der Waals surface area contributed by atoms with E-state index in [4.69, 9.17) is 42.7 Å². The van der Waals surface area contributed by atoms with Gasteiger partial charge in [0.05, 0.1) is 18.3 Å². The molecule has 0 bridgehead atoms. The van der Waals surface area contributed by atoms with E-state index in [0.29, 0.717) is 32.9 Å². The fourth-order valence-electron chi connectivity index (χ4n) is 2.07. The Bertz CT molecular complexity index is 913. The average Bonchev–Trinajstić information content (AvgIpc) is 2.68. The van der Waals surface area contributed by atoms with Gasteiger partial charge >= 0.3 is 0 Å². The number of nitriles is 1. The molecule has 1 unspecified atom stereocenters. The maximum atomic E-state index is 12.1. The molecule has 7 nitrogen and oxygen atoms in total. The number of amides is 1.